The average molecular weight is 316 g/mol. The van der Waals surface area contributed by atoms with E-state index < -0.39 is 16.9 Å². The van der Waals surface area contributed by atoms with Crippen LogP contribution in [-0.2, 0) is 4.79 Å². The summed E-state index contributed by atoms with van der Waals surface area (Å²) in [5.74, 6) is 0.538. The van der Waals surface area contributed by atoms with Gasteiger partial charge in [0.2, 0.25) is 0 Å². The lowest BCUT2D eigenvalue weighted by molar-refractivity contribution is -0.384. The van der Waals surface area contributed by atoms with Crippen LogP contribution in [0, 0.1) is 10.1 Å². The number of non-ortho nitro benzene ring substituents is 1. The fourth-order valence-electron chi connectivity index (χ4n) is 1.90. The van der Waals surface area contributed by atoms with E-state index in [0.717, 1.165) is 0 Å². The second-order valence-electron chi connectivity index (χ2n) is 4.71. The molecule has 7 nitrogen and oxygen atoms in total. The zero-order chi connectivity index (χ0) is 16.8. The maximum Gasteiger partial charge on any atom is 0.271 e. The average Bonchev–Trinajstić information content (AvgIpc) is 2.55. The number of hydrogen-bond donors (Lipinski definition) is 1. The van der Waals surface area contributed by atoms with E-state index in [1.54, 1.807) is 37.3 Å². The topological polar surface area (TPSA) is 90.7 Å². The van der Waals surface area contributed by atoms with Gasteiger partial charge in [0.15, 0.2) is 17.6 Å². The molecule has 1 unspecified atom stereocenters. The number of methoxy groups -OCH3 is 1. The SMILES string of the molecule is COc1ccccc1OC(C)C(=O)Nc1cccc([N+](=O)[O-])c1. The van der Waals surface area contributed by atoms with E-state index in [-0.39, 0.29) is 5.69 Å². The van der Waals surface area contributed by atoms with Gasteiger partial charge in [-0.1, -0.05) is 18.2 Å². The molecule has 0 heterocycles. The summed E-state index contributed by atoms with van der Waals surface area (Å²) in [6, 6.07) is 12.7. The Hall–Kier alpha value is -3.09. The minimum atomic E-state index is -0.800. The molecule has 7 heteroatoms. The third-order valence-corrected chi connectivity index (χ3v) is 3.07. The molecule has 2 rings (SSSR count). The zero-order valence-corrected chi connectivity index (χ0v) is 12.7. The summed E-state index contributed by atoms with van der Waals surface area (Å²) < 4.78 is 10.7. The van der Waals surface area contributed by atoms with E-state index in [2.05, 4.69) is 5.32 Å². The third kappa shape index (κ3) is 4.19. The highest BCUT2D eigenvalue weighted by Gasteiger charge is 2.17. The van der Waals surface area contributed by atoms with Crippen LogP contribution in [0.1, 0.15) is 6.92 Å². The second-order valence-corrected chi connectivity index (χ2v) is 4.71. The summed E-state index contributed by atoms with van der Waals surface area (Å²) in [5.41, 5.74) is 0.237. The van der Waals surface area contributed by atoms with Crippen LogP contribution in [0.3, 0.4) is 0 Å². The monoisotopic (exact) mass is 316 g/mol. The molecule has 0 radical (unpaired) electrons. The van der Waals surface area contributed by atoms with Gasteiger partial charge in [-0.05, 0) is 25.1 Å². The number of carbonyl (C=O) groups excluding carboxylic acids is 1. The summed E-state index contributed by atoms with van der Waals surface area (Å²) in [5, 5.41) is 13.3. The van der Waals surface area contributed by atoms with E-state index in [0.29, 0.717) is 17.2 Å². The first-order chi connectivity index (χ1) is 11.0. The first kappa shape index (κ1) is 16.3. The van der Waals surface area contributed by atoms with Crippen LogP contribution in [-0.4, -0.2) is 24.0 Å². The number of nitrogens with zero attached hydrogens (tertiary/aromatic N) is 1. The zero-order valence-electron chi connectivity index (χ0n) is 12.7. The van der Waals surface area contributed by atoms with Crippen molar-refractivity contribution in [3.05, 3.63) is 58.6 Å². The van der Waals surface area contributed by atoms with Crippen molar-refractivity contribution in [2.45, 2.75) is 13.0 Å². The Morgan fingerprint density at radius 3 is 2.52 bits per heavy atom. The van der Waals surface area contributed by atoms with Crippen molar-refractivity contribution in [2.75, 3.05) is 12.4 Å². The molecule has 1 atom stereocenters. The summed E-state index contributed by atoms with van der Waals surface area (Å²) in [6.45, 7) is 1.58. The fraction of sp³-hybridized carbons (Fsp3) is 0.188. The van der Waals surface area contributed by atoms with Gasteiger partial charge in [0.05, 0.1) is 12.0 Å². The molecule has 0 aliphatic rings. The Labute approximate surface area is 133 Å². The molecule has 0 aromatic heterocycles. The van der Waals surface area contributed by atoms with Crippen LogP contribution < -0.4 is 14.8 Å². The highest BCUT2D eigenvalue weighted by Crippen LogP contribution is 2.27. The van der Waals surface area contributed by atoms with E-state index >= 15 is 0 Å². The molecule has 120 valence electrons. The van der Waals surface area contributed by atoms with Gasteiger partial charge in [-0.25, -0.2) is 0 Å². The largest absolute Gasteiger partial charge is 0.493 e. The van der Waals surface area contributed by atoms with Crippen LogP contribution in [0.4, 0.5) is 11.4 Å². The van der Waals surface area contributed by atoms with Crippen molar-refractivity contribution >= 4 is 17.3 Å². The van der Waals surface area contributed by atoms with E-state index in [1.807, 2.05) is 0 Å². The minimum absolute atomic E-state index is 0.0962. The van der Waals surface area contributed by atoms with Crippen LogP contribution in [0.5, 0.6) is 11.5 Å². The van der Waals surface area contributed by atoms with E-state index in [9.17, 15) is 14.9 Å². The van der Waals surface area contributed by atoms with Crippen LogP contribution in [0.2, 0.25) is 0 Å². The number of nitro benzene ring substituents is 1. The first-order valence-corrected chi connectivity index (χ1v) is 6.86. The molecule has 0 saturated heterocycles. The van der Waals surface area contributed by atoms with Gasteiger partial charge in [-0.15, -0.1) is 0 Å². The molecule has 1 amide bonds. The van der Waals surface area contributed by atoms with Gasteiger partial charge in [-0.3, -0.25) is 14.9 Å². The smallest absolute Gasteiger partial charge is 0.271 e. The summed E-state index contributed by atoms with van der Waals surface area (Å²) >= 11 is 0. The van der Waals surface area contributed by atoms with Gasteiger partial charge in [0, 0.05) is 17.8 Å². The standard InChI is InChI=1S/C16H16N2O5/c1-11(23-15-9-4-3-8-14(15)22-2)16(19)17-12-6-5-7-13(10-12)18(20)21/h3-11H,1-2H3,(H,17,19). The summed E-state index contributed by atoms with van der Waals surface area (Å²) in [7, 11) is 1.51. The van der Waals surface area contributed by atoms with Crippen molar-refractivity contribution in [1.82, 2.24) is 0 Å². The number of ether oxygens (including phenoxy) is 2. The van der Waals surface area contributed by atoms with Crippen LogP contribution >= 0.6 is 0 Å². The molecule has 2 aromatic carbocycles. The van der Waals surface area contributed by atoms with Gasteiger partial charge >= 0.3 is 0 Å². The maximum atomic E-state index is 12.2. The van der Waals surface area contributed by atoms with Crippen molar-refractivity contribution < 1.29 is 19.2 Å². The lowest BCUT2D eigenvalue weighted by Crippen LogP contribution is -2.30. The number of rotatable bonds is 6. The van der Waals surface area contributed by atoms with Gasteiger partial charge in [-0.2, -0.15) is 0 Å². The number of nitrogens with one attached hydrogen (secondary N) is 1. The highest BCUT2D eigenvalue weighted by molar-refractivity contribution is 5.94. The molecule has 0 saturated carbocycles. The molecule has 0 spiro atoms. The third-order valence-electron chi connectivity index (χ3n) is 3.07. The first-order valence-electron chi connectivity index (χ1n) is 6.86. The van der Waals surface area contributed by atoms with E-state index in [4.69, 9.17) is 9.47 Å². The van der Waals surface area contributed by atoms with Crippen LogP contribution in [0.25, 0.3) is 0 Å². The van der Waals surface area contributed by atoms with Crippen molar-refractivity contribution in [3.63, 3.8) is 0 Å². The molecule has 0 bridgehead atoms. The highest BCUT2D eigenvalue weighted by atomic mass is 16.6. The predicted octanol–water partition coefficient (Wildman–Crippen LogP) is 3.01. The molecule has 1 N–H and O–H groups in total. The molecule has 2 aromatic rings. The molecular formula is C16H16N2O5. The van der Waals surface area contributed by atoms with Gasteiger partial charge in [0.25, 0.3) is 11.6 Å². The van der Waals surface area contributed by atoms with E-state index in [1.165, 1.54) is 25.3 Å². The quantitative estimate of drug-likeness (QED) is 0.653. The Morgan fingerprint density at radius 1 is 1.17 bits per heavy atom. The maximum absolute atomic E-state index is 12.2. The lowest BCUT2D eigenvalue weighted by Gasteiger charge is -2.16. The fourth-order valence-corrected chi connectivity index (χ4v) is 1.90. The van der Waals surface area contributed by atoms with Crippen molar-refractivity contribution in [3.8, 4) is 11.5 Å². The lowest BCUT2D eigenvalue weighted by atomic mass is 10.2. The Kier molecular flexibility index (Phi) is 5.14. The number of amides is 1. The number of para-hydroxylation sites is 2. The predicted molar refractivity (Wildman–Crippen MR) is 84.8 cm³/mol. The second kappa shape index (κ2) is 7.26. The number of nitro groups is 1. The summed E-state index contributed by atoms with van der Waals surface area (Å²) in [6.07, 6.45) is -0.800. The summed E-state index contributed by atoms with van der Waals surface area (Å²) in [4.78, 5) is 22.4. The Morgan fingerprint density at radius 2 is 1.87 bits per heavy atom. The molecule has 23 heavy (non-hydrogen) atoms. The number of anilines is 1. The number of carbonyl (C=O) groups is 1. The molecule has 0 fully saturated rings. The Bertz CT molecular complexity index is 717. The van der Waals surface area contributed by atoms with Crippen LogP contribution in [0.15, 0.2) is 48.5 Å². The molecular weight excluding hydrogens is 300 g/mol. The normalized spacial score (nSPS) is 11.4. The Balaban J connectivity index is 2.05. The van der Waals surface area contributed by atoms with Gasteiger partial charge in [0.1, 0.15) is 0 Å². The molecule has 0 aliphatic carbocycles. The van der Waals surface area contributed by atoms with Gasteiger partial charge < -0.3 is 14.8 Å². The molecule has 0 aliphatic heterocycles. The minimum Gasteiger partial charge on any atom is -0.493 e. The number of benzene rings is 2. The van der Waals surface area contributed by atoms with Crippen molar-refractivity contribution in [2.24, 2.45) is 0 Å². The number of hydrogen-bond acceptors (Lipinski definition) is 5. The van der Waals surface area contributed by atoms with Crippen molar-refractivity contribution in [1.29, 1.82) is 0 Å².